The smallest absolute Gasteiger partial charge is 0.293 e. The van der Waals surface area contributed by atoms with E-state index in [4.69, 9.17) is 9.94 Å². The van der Waals surface area contributed by atoms with Gasteiger partial charge >= 0.3 is 0 Å². The van der Waals surface area contributed by atoms with E-state index >= 15 is 0 Å². The molecule has 10 nitrogen and oxygen atoms in total. The molecule has 2 rings (SSSR count). The third kappa shape index (κ3) is 14.1. The molecule has 2 aromatic rings. The molecule has 0 bridgehead atoms. The van der Waals surface area contributed by atoms with Crippen LogP contribution < -0.4 is 10.2 Å². The highest BCUT2D eigenvalue weighted by Gasteiger charge is 2.20. The van der Waals surface area contributed by atoms with Gasteiger partial charge in [0, 0.05) is 20.2 Å². The largest absolute Gasteiger partial charge is 0.465 e. The van der Waals surface area contributed by atoms with E-state index in [0.29, 0.717) is 32.0 Å². The van der Waals surface area contributed by atoms with Gasteiger partial charge in [0.25, 0.3) is 12.4 Å². The van der Waals surface area contributed by atoms with E-state index in [1.54, 1.807) is 19.2 Å². The van der Waals surface area contributed by atoms with E-state index in [2.05, 4.69) is 22.3 Å². The fourth-order valence-corrected chi connectivity index (χ4v) is 3.63. The second-order valence-electron chi connectivity index (χ2n) is 7.42. The molecular weight excluding hydrogens is 505 g/mol. The van der Waals surface area contributed by atoms with Gasteiger partial charge in [0.15, 0.2) is 11.6 Å². The van der Waals surface area contributed by atoms with Gasteiger partial charge in [0.2, 0.25) is 0 Å². The molecule has 2 N–H and O–H groups in total. The van der Waals surface area contributed by atoms with Crippen molar-refractivity contribution in [2.45, 2.75) is 11.8 Å². The third-order valence-electron chi connectivity index (χ3n) is 4.30. The van der Waals surface area contributed by atoms with Crippen LogP contribution in [0, 0.1) is 25.6 Å². The first kappa shape index (κ1) is 33.7. The zero-order chi connectivity index (χ0) is 28.2. The van der Waals surface area contributed by atoms with Gasteiger partial charge in [0.05, 0.1) is 18.0 Å². The molecule has 1 atom stereocenters. The monoisotopic (exact) mass is 539 g/mol. The van der Waals surface area contributed by atoms with Crippen molar-refractivity contribution in [3.05, 3.63) is 53.8 Å². The van der Waals surface area contributed by atoms with E-state index in [1.807, 2.05) is 38.1 Å². The Balaban J connectivity index is 0.00000124. The first-order chi connectivity index (χ1) is 17.7. The van der Waals surface area contributed by atoms with Crippen LogP contribution in [-0.4, -0.2) is 85.1 Å². The average molecular weight is 540 g/mol. The van der Waals surface area contributed by atoms with E-state index < -0.39 is 22.7 Å². The van der Waals surface area contributed by atoms with Gasteiger partial charge in [-0.3, -0.25) is 14.8 Å². The Morgan fingerprint density at radius 1 is 1.14 bits per heavy atom. The van der Waals surface area contributed by atoms with Crippen LogP contribution in [0.25, 0.3) is 0 Å². The number of methoxy groups -OCH3 is 1. The maximum atomic E-state index is 14.5. The number of hydroxylamine groups is 1. The number of terminal acetylenes is 1. The Kier molecular flexibility index (Phi) is 18.0. The van der Waals surface area contributed by atoms with Gasteiger partial charge < -0.3 is 19.1 Å². The van der Waals surface area contributed by atoms with Crippen molar-refractivity contribution in [1.82, 2.24) is 14.7 Å². The molecular formula is C25H34FN3O7S. The number of likely N-dealkylation sites (N-methyl/N-ethyl adjacent to an activating group) is 1. The van der Waals surface area contributed by atoms with Crippen LogP contribution in [0.4, 0.5) is 4.39 Å². The Labute approximate surface area is 219 Å². The zero-order valence-corrected chi connectivity index (χ0v) is 22.2. The standard InChI is InChI=1S/C19H24FN3O4S.C4H8O3.C2H2/c1-14-4-6-15(7-5-14)27-18-9-8-16(12-17(18)20)28(26)23(11-10-22(2)3)13-19(24)21-25;1-6-2-3-7-4-5;1-2/h4-9,12,25H,10-11,13H2,1-3H3,(H,21,24);4H,2-3H2,1H3;1-2H. The summed E-state index contributed by atoms with van der Waals surface area (Å²) in [5.74, 6) is -0.861. The molecule has 0 heterocycles. The SMILES string of the molecule is C#C.COCCOC=O.Cc1ccc(Oc2ccc(S(=O)N(CCN(C)C)CC(=O)NO)cc2F)cc1. The highest BCUT2D eigenvalue weighted by molar-refractivity contribution is 7.82. The number of carbonyl (C=O) groups excluding carboxylic acids is 2. The van der Waals surface area contributed by atoms with E-state index in [0.717, 1.165) is 11.6 Å². The minimum Gasteiger partial charge on any atom is -0.465 e. The number of hydrogen-bond acceptors (Lipinski definition) is 8. The first-order valence-corrected chi connectivity index (χ1v) is 12.0. The molecule has 1 amide bonds. The van der Waals surface area contributed by atoms with Crippen LogP contribution in [-0.2, 0) is 30.0 Å². The second kappa shape index (κ2) is 19.8. The second-order valence-corrected chi connectivity index (χ2v) is 8.90. The van der Waals surface area contributed by atoms with Crippen LogP contribution in [0.15, 0.2) is 47.4 Å². The minimum atomic E-state index is -1.79. The number of halogens is 1. The molecule has 37 heavy (non-hydrogen) atoms. The summed E-state index contributed by atoms with van der Waals surface area (Å²) in [4.78, 5) is 23.0. The number of nitrogens with one attached hydrogen (secondary N) is 1. The van der Waals surface area contributed by atoms with E-state index in [-0.39, 0.29) is 23.7 Å². The molecule has 0 spiro atoms. The normalized spacial score (nSPS) is 10.9. The fourth-order valence-electron chi connectivity index (χ4n) is 2.46. The summed E-state index contributed by atoms with van der Waals surface area (Å²) in [7, 11) is 3.44. The lowest BCUT2D eigenvalue weighted by molar-refractivity contribution is -0.130. The summed E-state index contributed by atoms with van der Waals surface area (Å²) in [5.41, 5.74) is 2.58. The predicted molar refractivity (Wildman–Crippen MR) is 138 cm³/mol. The number of carbonyl (C=O) groups is 2. The number of amides is 1. The molecule has 0 saturated heterocycles. The van der Waals surface area contributed by atoms with Crippen molar-refractivity contribution >= 4 is 23.4 Å². The number of ether oxygens (including phenoxy) is 3. The van der Waals surface area contributed by atoms with Crippen molar-refractivity contribution in [2.24, 2.45) is 0 Å². The van der Waals surface area contributed by atoms with Crippen molar-refractivity contribution in [3.8, 4) is 24.3 Å². The van der Waals surface area contributed by atoms with Gasteiger partial charge in [0.1, 0.15) is 23.3 Å². The minimum absolute atomic E-state index is 0.0116. The van der Waals surface area contributed by atoms with Crippen molar-refractivity contribution < 1.29 is 37.6 Å². The van der Waals surface area contributed by atoms with Crippen LogP contribution in [0.3, 0.4) is 0 Å². The molecule has 2 aromatic carbocycles. The molecule has 12 heteroatoms. The van der Waals surface area contributed by atoms with Crippen molar-refractivity contribution in [2.75, 3.05) is 54.1 Å². The average Bonchev–Trinajstić information content (AvgIpc) is 2.90. The van der Waals surface area contributed by atoms with Crippen LogP contribution in [0.2, 0.25) is 0 Å². The summed E-state index contributed by atoms with van der Waals surface area (Å²) in [6.45, 7) is 3.68. The first-order valence-electron chi connectivity index (χ1n) is 10.9. The summed E-state index contributed by atoms with van der Waals surface area (Å²) >= 11 is 0. The van der Waals surface area contributed by atoms with Crippen LogP contribution in [0.5, 0.6) is 11.5 Å². The number of benzene rings is 2. The summed E-state index contributed by atoms with van der Waals surface area (Å²) in [6.07, 6.45) is 8.00. The number of rotatable bonds is 13. The lowest BCUT2D eigenvalue weighted by atomic mass is 10.2. The highest BCUT2D eigenvalue weighted by atomic mass is 32.2. The van der Waals surface area contributed by atoms with Crippen LogP contribution in [0.1, 0.15) is 5.56 Å². The molecule has 0 fully saturated rings. The van der Waals surface area contributed by atoms with Crippen molar-refractivity contribution in [1.29, 1.82) is 0 Å². The molecule has 0 saturated carbocycles. The van der Waals surface area contributed by atoms with E-state index in [1.165, 1.54) is 21.9 Å². The lowest BCUT2D eigenvalue weighted by Gasteiger charge is -2.22. The molecule has 204 valence electrons. The molecule has 0 aliphatic rings. The molecule has 0 aliphatic carbocycles. The summed E-state index contributed by atoms with van der Waals surface area (Å²) in [5, 5.41) is 8.74. The fraction of sp³-hybridized carbons (Fsp3) is 0.360. The highest BCUT2D eigenvalue weighted by Crippen LogP contribution is 2.27. The Morgan fingerprint density at radius 2 is 1.78 bits per heavy atom. The van der Waals surface area contributed by atoms with Crippen molar-refractivity contribution in [3.63, 3.8) is 0 Å². The lowest BCUT2D eigenvalue weighted by Crippen LogP contribution is -2.40. The number of hydrogen-bond donors (Lipinski definition) is 2. The molecule has 0 aliphatic heterocycles. The van der Waals surface area contributed by atoms with Crippen LogP contribution >= 0.6 is 0 Å². The Bertz CT molecular complexity index is 988. The molecule has 0 radical (unpaired) electrons. The summed E-state index contributed by atoms with van der Waals surface area (Å²) in [6, 6.07) is 11.2. The third-order valence-corrected chi connectivity index (χ3v) is 5.74. The Morgan fingerprint density at radius 3 is 2.30 bits per heavy atom. The van der Waals surface area contributed by atoms with Gasteiger partial charge in [-0.05, 0) is 51.4 Å². The zero-order valence-electron chi connectivity index (χ0n) is 21.4. The maximum absolute atomic E-state index is 14.5. The van der Waals surface area contributed by atoms with Gasteiger partial charge in [-0.15, -0.1) is 12.8 Å². The maximum Gasteiger partial charge on any atom is 0.293 e. The Hall–Kier alpha value is -3.34. The molecule has 0 aromatic heterocycles. The van der Waals surface area contributed by atoms with Gasteiger partial charge in [-0.2, -0.15) is 0 Å². The topological polar surface area (TPSA) is 118 Å². The molecule has 1 unspecified atom stereocenters. The van der Waals surface area contributed by atoms with Gasteiger partial charge in [-0.25, -0.2) is 18.4 Å². The van der Waals surface area contributed by atoms with Gasteiger partial charge in [-0.1, -0.05) is 17.7 Å². The van der Waals surface area contributed by atoms with E-state index in [9.17, 15) is 18.2 Å². The quantitative estimate of drug-likeness (QED) is 0.131. The summed E-state index contributed by atoms with van der Waals surface area (Å²) < 4.78 is 43.0. The number of aryl methyl sites for hydroxylation is 1. The number of nitrogens with zero attached hydrogens (tertiary/aromatic N) is 2. The predicted octanol–water partition coefficient (Wildman–Crippen LogP) is 2.37.